The van der Waals surface area contributed by atoms with Gasteiger partial charge in [-0.3, -0.25) is 0 Å². The van der Waals surface area contributed by atoms with E-state index in [0.29, 0.717) is 5.82 Å². The van der Waals surface area contributed by atoms with Gasteiger partial charge in [0.25, 0.3) is 0 Å². The minimum atomic E-state index is -0.571. The van der Waals surface area contributed by atoms with Crippen LogP contribution in [0.15, 0.2) is 218 Å². The fourth-order valence-corrected chi connectivity index (χ4v) is 9.60. The van der Waals surface area contributed by atoms with Crippen molar-refractivity contribution in [2.24, 2.45) is 0 Å². The minimum absolute atomic E-state index is 0.571. The number of fused-ring (bicyclic) bond motifs is 10. The number of aromatic nitrogens is 4. The highest BCUT2D eigenvalue weighted by Gasteiger charge is 2.54. The topological polar surface area (TPSA) is 51.6 Å². The molecular formula is C57H36N4. The fourth-order valence-electron chi connectivity index (χ4n) is 9.60. The summed E-state index contributed by atoms with van der Waals surface area (Å²) in [5.74, 6) is 1.41. The Labute approximate surface area is 354 Å². The van der Waals surface area contributed by atoms with Crippen molar-refractivity contribution < 1.29 is 0 Å². The molecule has 2 aromatic heterocycles. The van der Waals surface area contributed by atoms with Crippen molar-refractivity contribution in [2.75, 3.05) is 0 Å². The fraction of sp³-hybridized carbons (Fsp3) is 0.0175. The van der Waals surface area contributed by atoms with Crippen LogP contribution in [0, 0.1) is 0 Å². The van der Waals surface area contributed by atoms with Gasteiger partial charge < -0.3 is 0 Å². The average Bonchev–Trinajstić information content (AvgIpc) is 3.82. The zero-order chi connectivity index (χ0) is 40.3. The van der Waals surface area contributed by atoms with Gasteiger partial charge in [-0.05, 0) is 45.0 Å². The monoisotopic (exact) mass is 776 g/mol. The number of rotatable bonds is 6. The molecule has 0 atom stereocenters. The molecule has 4 heteroatoms. The summed E-state index contributed by atoms with van der Waals surface area (Å²) in [6.07, 6.45) is 0. The highest BCUT2D eigenvalue weighted by Crippen LogP contribution is 2.64. The third-order valence-corrected chi connectivity index (χ3v) is 12.4. The molecule has 0 saturated carbocycles. The molecule has 0 saturated heterocycles. The number of benzene rings is 8. The molecule has 2 heterocycles. The van der Waals surface area contributed by atoms with Crippen LogP contribution in [-0.4, -0.2) is 19.9 Å². The first kappa shape index (κ1) is 34.9. The third kappa shape index (κ3) is 5.53. The molecule has 4 nitrogen and oxygen atoms in total. The van der Waals surface area contributed by atoms with Gasteiger partial charge in [0.2, 0.25) is 0 Å². The van der Waals surface area contributed by atoms with Crippen molar-refractivity contribution in [3.8, 4) is 90.1 Å². The lowest BCUT2D eigenvalue weighted by atomic mass is 9.69. The summed E-state index contributed by atoms with van der Waals surface area (Å²) >= 11 is 0. The Morgan fingerprint density at radius 1 is 0.262 bits per heavy atom. The molecule has 8 aromatic carbocycles. The third-order valence-electron chi connectivity index (χ3n) is 12.4. The highest BCUT2D eigenvalue weighted by molar-refractivity contribution is 5.97. The van der Waals surface area contributed by atoms with Crippen molar-refractivity contribution >= 4 is 0 Å². The Morgan fingerprint density at radius 2 is 0.623 bits per heavy atom. The molecule has 61 heavy (non-hydrogen) atoms. The SMILES string of the molecule is c1ccc(-c2cc(-c3ccccc3)nc(-c3ccc(-c4ccc(-c5nc(-c6ccccc6)nc6c5C5(c7ccccc7-c7ccccc75)c5ccccc5-6)cc4)cc3)n2)cc1. The zero-order valence-corrected chi connectivity index (χ0v) is 33.1. The standard InChI is InChI=1S/C57H36N4/c1-4-16-39(17-5-1)50-36-51(40-18-6-2-7-19-40)59-55(58-50)43-34-30-38(31-35-43)37-28-32-41(33-29-37)53-52-54(61-56(60-53)42-20-8-3-9-21-42)46-24-12-15-27-49(46)57(52)47-25-13-10-22-44(47)45-23-11-14-26-48(45)57/h1-36H. The van der Waals surface area contributed by atoms with Crippen LogP contribution < -0.4 is 0 Å². The molecule has 0 unspecified atom stereocenters. The van der Waals surface area contributed by atoms with Crippen LogP contribution in [0.25, 0.3) is 90.1 Å². The first-order chi connectivity index (χ1) is 30.2. The van der Waals surface area contributed by atoms with Crippen molar-refractivity contribution in [3.05, 3.63) is 241 Å². The van der Waals surface area contributed by atoms with E-state index in [0.717, 1.165) is 78.7 Å². The molecule has 0 bridgehead atoms. The summed E-state index contributed by atoms with van der Waals surface area (Å²) in [5.41, 5.74) is 19.1. The molecule has 0 radical (unpaired) electrons. The lowest BCUT2D eigenvalue weighted by molar-refractivity contribution is 0.788. The Morgan fingerprint density at radius 3 is 1.15 bits per heavy atom. The van der Waals surface area contributed by atoms with Crippen LogP contribution in [0.4, 0.5) is 0 Å². The summed E-state index contributed by atoms with van der Waals surface area (Å²) in [6.45, 7) is 0. The predicted octanol–water partition coefficient (Wildman–Crippen LogP) is 13.6. The summed E-state index contributed by atoms with van der Waals surface area (Å²) in [4.78, 5) is 21.1. The largest absolute Gasteiger partial charge is 0.228 e. The Kier molecular flexibility index (Phi) is 8.04. The summed E-state index contributed by atoms with van der Waals surface area (Å²) < 4.78 is 0. The molecular weight excluding hydrogens is 741 g/mol. The maximum atomic E-state index is 5.51. The molecule has 2 aliphatic rings. The summed E-state index contributed by atoms with van der Waals surface area (Å²) in [6, 6.07) is 77.1. The summed E-state index contributed by atoms with van der Waals surface area (Å²) in [7, 11) is 0. The van der Waals surface area contributed by atoms with Gasteiger partial charge in [0.1, 0.15) is 0 Å². The van der Waals surface area contributed by atoms with E-state index in [2.05, 4.69) is 176 Å². The van der Waals surface area contributed by atoms with E-state index in [9.17, 15) is 0 Å². The van der Waals surface area contributed by atoms with Gasteiger partial charge in [-0.2, -0.15) is 0 Å². The van der Waals surface area contributed by atoms with Crippen LogP contribution >= 0.6 is 0 Å². The van der Waals surface area contributed by atoms with Crippen LogP contribution in [0.5, 0.6) is 0 Å². The maximum Gasteiger partial charge on any atom is 0.160 e. The van der Waals surface area contributed by atoms with E-state index in [1.54, 1.807) is 0 Å². The minimum Gasteiger partial charge on any atom is -0.228 e. The molecule has 10 aromatic rings. The second-order valence-corrected chi connectivity index (χ2v) is 15.7. The number of nitrogens with zero attached hydrogens (tertiary/aromatic N) is 4. The molecule has 1 spiro atoms. The smallest absolute Gasteiger partial charge is 0.160 e. The Bertz CT molecular complexity index is 3170. The molecule has 12 rings (SSSR count). The highest BCUT2D eigenvalue weighted by atomic mass is 14.9. The Balaban J connectivity index is 0.983. The lowest BCUT2D eigenvalue weighted by Gasteiger charge is -2.31. The normalized spacial score (nSPS) is 12.7. The molecule has 0 fully saturated rings. The molecule has 2 aliphatic carbocycles. The van der Waals surface area contributed by atoms with Gasteiger partial charge in [-0.15, -0.1) is 0 Å². The second kappa shape index (κ2) is 14.0. The average molecular weight is 777 g/mol. The van der Waals surface area contributed by atoms with E-state index in [1.807, 2.05) is 42.5 Å². The maximum absolute atomic E-state index is 5.51. The van der Waals surface area contributed by atoms with Gasteiger partial charge in [0, 0.05) is 38.9 Å². The molecule has 0 amide bonds. The van der Waals surface area contributed by atoms with Crippen LogP contribution in [0.3, 0.4) is 0 Å². The van der Waals surface area contributed by atoms with Crippen molar-refractivity contribution in [1.82, 2.24) is 19.9 Å². The molecule has 0 N–H and O–H groups in total. The lowest BCUT2D eigenvalue weighted by Crippen LogP contribution is -2.27. The quantitative estimate of drug-likeness (QED) is 0.169. The van der Waals surface area contributed by atoms with Gasteiger partial charge in [-0.1, -0.05) is 212 Å². The molecule has 284 valence electrons. The molecule has 0 aliphatic heterocycles. The van der Waals surface area contributed by atoms with Gasteiger partial charge in [0.05, 0.1) is 28.2 Å². The Hall–Kier alpha value is -8.08. The van der Waals surface area contributed by atoms with E-state index in [1.165, 1.54) is 27.8 Å². The first-order valence-electron chi connectivity index (χ1n) is 20.7. The number of hydrogen-bond donors (Lipinski definition) is 0. The van der Waals surface area contributed by atoms with Crippen molar-refractivity contribution in [2.45, 2.75) is 5.41 Å². The van der Waals surface area contributed by atoms with E-state index in [4.69, 9.17) is 19.9 Å². The van der Waals surface area contributed by atoms with E-state index in [-0.39, 0.29) is 0 Å². The van der Waals surface area contributed by atoms with Crippen molar-refractivity contribution in [3.63, 3.8) is 0 Å². The zero-order valence-electron chi connectivity index (χ0n) is 33.1. The van der Waals surface area contributed by atoms with Gasteiger partial charge in [0.15, 0.2) is 11.6 Å². The second-order valence-electron chi connectivity index (χ2n) is 15.7. The van der Waals surface area contributed by atoms with Crippen LogP contribution in [0.2, 0.25) is 0 Å². The van der Waals surface area contributed by atoms with E-state index >= 15 is 0 Å². The first-order valence-corrected chi connectivity index (χ1v) is 20.7. The predicted molar refractivity (Wildman–Crippen MR) is 247 cm³/mol. The van der Waals surface area contributed by atoms with Crippen LogP contribution in [-0.2, 0) is 5.41 Å². The van der Waals surface area contributed by atoms with E-state index < -0.39 is 5.41 Å². The van der Waals surface area contributed by atoms with Crippen LogP contribution in [0.1, 0.15) is 22.3 Å². The van der Waals surface area contributed by atoms with Gasteiger partial charge >= 0.3 is 0 Å². The van der Waals surface area contributed by atoms with Crippen molar-refractivity contribution in [1.29, 1.82) is 0 Å². The van der Waals surface area contributed by atoms with Gasteiger partial charge in [-0.25, -0.2) is 19.9 Å². The summed E-state index contributed by atoms with van der Waals surface area (Å²) in [5, 5.41) is 0. The number of hydrogen-bond acceptors (Lipinski definition) is 4.